The van der Waals surface area contributed by atoms with Crippen molar-refractivity contribution in [3.63, 3.8) is 0 Å². The molecule has 1 saturated heterocycles. The van der Waals surface area contributed by atoms with Gasteiger partial charge in [-0.2, -0.15) is 4.31 Å². The van der Waals surface area contributed by atoms with Crippen molar-refractivity contribution < 1.29 is 12.8 Å². The van der Waals surface area contributed by atoms with Crippen LogP contribution in [-0.4, -0.2) is 31.9 Å². The summed E-state index contributed by atoms with van der Waals surface area (Å²) in [7, 11) is -3.47. The van der Waals surface area contributed by atoms with E-state index < -0.39 is 10.0 Å². The third-order valence-electron chi connectivity index (χ3n) is 2.65. The third kappa shape index (κ3) is 1.80. The molecule has 6 heteroatoms. The summed E-state index contributed by atoms with van der Waals surface area (Å²) in [6.45, 7) is 0.894. The Morgan fingerprint density at radius 2 is 2.40 bits per heavy atom. The quantitative estimate of drug-likeness (QED) is 0.815. The van der Waals surface area contributed by atoms with Gasteiger partial charge in [0.05, 0.1) is 6.26 Å². The second kappa shape index (κ2) is 3.96. The van der Waals surface area contributed by atoms with Crippen molar-refractivity contribution in [2.45, 2.75) is 24.0 Å². The lowest BCUT2D eigenvalue weighted by Crippen LogP contribution is -2.39. The van der Waals surface area contributed by atoms with Crippen LogP contribution in [0, 0.1) is 0 Å². The molecular formula is C9H14N2O3S. The highest BCUT2D eigenvalue weighted by atomic mass is 32.2. The predicted octanol–water partition coefficient (Wildman–Crippen LogP) is 0.391. The number of hydrogen-bond donors (Lipinski definition) is 1. The van der Waals surface area contributed by atoms with Gasteiger partial charge >= 0.3 is 0 Å². The number of sulfonamides is 1. The molecule has 1 atom stereocenters. The molecule has 2 heterocycles. The zero-order chi connectivity index (χ0) is 10.9. The Bertz CT molecular complexity index is 413. The molecule has 2 rings (SSSR count). The Morgan fingerprint density at radius 1 is 1.60 bits per heavy atom. The average Bonchev–Trinajstić information content (AvgIpc) is 2.89. The van der Waals surface area contributed by atoms with Crippen LogP contribution in [0.25, 0.3) is 0 Å². The van der Waals surface area contributed by atoms with Gasteiger partial charge in [-0.25, -0.2) is 8.42 Å². The monoisotopic (exact) mass is 230 g/mol. The molecule has 15 heavy (non-hydrogen) atoms. The molecule has 84 valence electrons. The summed E-state index contributed by atoms with van der Waals surface area (Å²) in [6, 6.07) is 2.95. The van der Waals surface area contributed by atoms with E-state index in [1.165, 1.54) is 16.6 Å². The van der Waals surface area contributed by atoms with Gasteiger partial charge in [-0.15, -0.1) is 0 Å². The lowest BCUT2D eigenvalue weighted by molar-refractivity contribution is 0.366. The molecule has 1 aromatic rings. The van der Waals surface area contributed by atoms with Crippen LogP contribution in [0.15, 0.2) is 27.9 Å². The van der Waals surface area contributed by atoms with Crippen molar-refractivity contribution in [1.82, 2.24) is 4.31 Å². The van der Waals surface area contributed by atoms with E-state index in [0.717, 1.165) is 12.8 Å². The Kier molecular flexibility index (Phi) is 2.81. The molecule has 0 bridgehead atoms. The summed E-state index contributed by atoms with van der Waals surface area (Å²) < 4.78 is 30.5. The number of nitrogens with zero attached hydrogens (tertiary/aromatic N) is 1. The lowest BCUT2D eigenvalue weighted by Gasteiger charge is -2.21. The number of furan rings is 1. The topological polar surface area (TPSA) is 76.5 Å². The molecule has 0 aromatic carbocycles. The molecule has 0 amide bonds. The summed E-state index contributed by atoms with van der Waals surface area (Å²) in [4.78, 5) is 0. The first-order chi connectivity index (χ1) is 7.16. The van der Waals surface area contributed by atoms with Crippen molar-refractivity contribution in [3.8, 4) is 0 Å². The molecule has 1 aliphatic rings. The van der Waals surface area contributed by atoms with Gasteiger partial charge in [0.15, 0.2) is 0 Å². The van der Waals surface area contributed by atoms with Gasteiger partial charge in [-0.1, -0.05) is 0 Å². The maximum Gasteiger partial charge on any atom is 0.276 e. The molecule has 1 fully saturated rings. The zero-order valence-corrected chi connectivity index (χ0v) is 9.11. The van der Waals surface area contributed by atoms with Gasteiger partial charge in [0.1, 0.15) is 0 Å². The van der Waals surface area contributed by atoms with Gasteiger partial charge in [0.2, 0.25) is 5.09 Å². The summed E-state index contributed by atoms with van der Waals surface area (Å²) >= 11 is 0. The van der Waals surface area contributed by atoms with Crippen molar-refractivity contribution in [3.05, 3.63) is 18.4 Å². The maximum atomic E-state index is 12.0. The second-order valence-electron chi connectivity index (χ2n) is 3.58. The minimum atomic E-state index is -3.47. The predicted molar refractivity (Wildman–Crippen MR) is 54.7 cm³/mol. The molecule has 1 aliphatic heterocycles. The van der Waals surface area contributed by atoms with Gasteiger partial charge in [-0.05, 0) is 25.0 Å². The van der Waals surface area contributed by atoms with E-state index >= 15 is 0 Å². The number of hydrogen-bond acceptors (Lipinski definition) is 4. The molecule has 0 saturated carbocycles. The smallest absolute Gasteiger partial charge is 0.276 e. The minimum absolute atomic E-state index is 0.00264. The first-order valence-electron chi connectivity index (χ1n) is 4.91. The second-order valence-corrected chi connectivity index (χ2v) is 5.40. The van der Waals surface area contributed by atoms with Crippen LogP contribution >= 0.6 is 0 Å². The highest BCUT2D eigenvalue weighted by Crippen LogP contribution is 2.25. The van der Waals surface area contributed by atoms with Crippen LogP contribution in [0.2, 0.25) is 0 Å². The van der Waals surface area contributed by atoms with E-state index in [1.807, 2.05) is 0 Å². The molecule has 0 radical (unpaired) electrons. The Morgan fingerprint density at radius 3 is 3.00 bits per heavy atom. The zero-order valence-electron chi connectivity index (χ0n) is 8.30. The van der Waals surface area contributed by atoms with E-state index in [2.05, 4.69) is 0 Å². The van der Waals surface area contributed by atoms with Crippen LogP contribution in [-0.2, 0) is 10.0 Å². The molecule has 1 unspecified atom stereocenters. The minimum Gasteiger partial charge on any atom is -0.452 e. The van der Waals surface area contributed by atoms with Gasteiger partial charge in [0.25, 0.3) is 10.0 Å². The Hall–Kier alpha value is -0.850. The van der Waals surface area contributed by atoms with E-state index in [-0.39, 0.29) is 11.1 Å². The number of rotatable bonds is 3. The summed E-state index contributed by atoms with van der Waals surface area (Å²) in [5.41, 5.74) is 5.54. The number of nitrogens with two attached hydrogens (primary N) is 1. The van der Waals surface area contributed by atoms with Crippen LogP contribution in [0.3, 0.4) is 0 Å². The molecule has 0 aliphatic carbocycles. The maximum absolute atomic E-state index is 12.0. The van der Waals surface area contributed by atoms with Crippen LogP contribution in [0.4, 0.5) is 0 Å². The Labute approximate surface area is 88.9 Å². The first-order valence-corrected chi connectivity index (χ1v) is 6.35. The van der Waals surface area contributed by atoms with Crippen molar-refractivity contribution in [2.75, 3.05) is 13.1 Å². The molecule has 2 N–H and O–H groups in total. The van der Waals surface area contributed by atoms with Crippen molar-refractivity contribution >= 4 is 10.0 Å². The van der Waals surface area contributed by atoms with Gasteiger partial charge in [0, 0.05) is 19.1 Å². The van der Waals surface area contributed by atoms with E-state index in [9.17, 15) is 8.42 Å². The van der Waals surface area contributed by atoms with Crippen LogP contribution in [0.5, 0.6) is 0 Å². The molecule has 0 spiro atoms. The van der Waals surface area contributed by atoms with Gasteiger partial charge in [-0.3, -0.25) is 0 Å². The fraction of sp³-hybridized carbons (Fsp3) is 0.556. The van der Waals surface area contributed by atoms with Crippen molar-refractivity contribution in [2.24, 2.45) is 5.73 Å². The van der Waals surface area contributed by atoms with E-state index in [1.54, 1.807) is 6.07 Å². The average molecular weight is 230 g/mol. The van der Waals surface area contributed by atoms with Crippen LogP contribution < -0.4 is 5.73 Å². The molecule has 1 aromatic heterocycles. The standard InChI is InChI=1S/C9H14N2O3S/c10-7-8-3-1-5-11(8)15(12,13)9-4-2-6-14-9/h2,4,6,8H,1,3,5,7,10H2. The Balaban J connectivity index is 2.30. The van der Waals surface area contributed by atoms with Crippen LogP contribution in [0.1, 0.15) is 12.8 Å². The normalized spacial score (nSPS) is 23.4. The highest BCUT2D eigenvalue weighted by molar-refractivity contribution is 7.89. The lowest BCUT2D eigenvalue weighted by atomic mass is 10.2. The van der Waals surface area contributed by atoms with Gasteiger partial charge < -0.3 is 10.2 Å². The molecule has 5 nitrogen and oxygen atoms in total. The summed E-state index contributed by atoms with van der Waals surface area (Å²) in [5, 5.41) is 0.00264. The SMILES string of the molecule is NCC1CCCN1S(=O)(=O)c1ccco1. The van der Waals surface area contributed by atoms with Crippen molar-refractivity contribution in [1.29, 1.82) is 0 Å². The fourth-order valence-electron chi connectivity index (χ4n) is 1.89. The first kappa shape index (κ1) is 10.7. The largest absolute Gasteiger partial charge is 0.452 e. The summed E-state index contributed by atoms with van der Waals surface area (Å²) in [6.07, 6.45) is 3.05. The highest BCUT2D eigenvalue weighted by Gasteiger charge is 2.35. The summed E-state index contributed by atoms with van der Waals surface area (Å²) in [5.74, 6) is 0. The van der Waals surface area contributed by atoms with E-state index in [4.69, 9.17) is 10.2 Å². The third-order valence-corrected chi connectivity index (χ3v) is 4.49. The fourth-order valence-corrected chi connectivity index (χ4v) is 3.50. The van der Waals surface area contributed by atoms with E-state index in [0.29, 0.717) is 13.1 Å². The molecular weight excluding hydrogens is 216 g/mol.